The molecule has 29 heteroatoms. The Labute approximate surface area is 229 Å². The van der Waals surface area contributed by atoms with E-state index >= 15 is 0 Å². The summed E-state index contributed by atoms with van der Waals surface area (Å²) in [5.74, 6) is 0. The summed E-state index contributed by atoms with van der Waals surface area (Å²) in [7, 11) is -36.6. The van der Waals surface area contributed by atoms with Gasteiger partial charge in [-0.2, -0.15) is 21.6 Å². The Morgan fingerprint density at radius 2 is 0.690 bits per heavy atom. The Kier molecular flexibility index (Phi) is 22.4. The van der Waals surface area contributed by atoms with Crippen LogP contribution in [0.5, 0.6) is 0 Å². The van der Waals surface area contributed by atoms with Gasteiger partial charge in [0.25, 0.3) is 0 Å². The summed E-state index contributed by atoms with van der Waals surface area (Å²) in [6.07, 6.45) is 0. The van der Waals surface area contributed by atoms with Crippen molar-refractivity contribution in [2.24, 2.45) is 0 Å². The fraction of sp³-hybridized carbons (Fsp3) is 0. The van der Waals surface area contributed by atoms with Gasteiger partial charge in [-0.15, -0.1) is 0 Å². The summed E-state index contributed by atoms with van der Waals surface area (Å²) in [6.45, 7) is 0. The van der Waals surface area contributed by atoms with Gasteiger partial charge in [0.15, 0.2) is 0 Å². The third-order valence-corrected chi connectivity index (χ3v) is 9.29. The molecule has 0 aliphatic heterocycles. The molecule has 0 bridgehead atoms. The van der Waals surface area contributed by atoms with Gasteiger partial charge in [-0.05, 0) is 0 Å². The van der Waals surface area contributed by atoms with Crippen LogP contribution < -0.4 is 59.1 Å². The van der Waals surface area contributed by atoms with E-state index < -0.39 is 46.9 Å². The Hall–Kier alpha value is 3.90. The third kappa shape index (κ3) is 24.8. The summed E-state index contributed by atoms with van der Waals surface area (Å²) in [4.78, 5) is 67.8. The zero-order valence-electron chi connectivity index (χ0n) is 15.5. The quantitative estimate of drug-likeness (QED) is 0.0801. The van der Waals surface area contributed by atoms with E-state index in [-0.39, 0.29) is 96.1 Å². The number of phosphoric acid groups is 6. The van der Waals surface area contributed by atoms with Crippen LogP contribution in [0.15, 0.2) is 0 Å². The van der Waals surface area contributed by atoms with Crippen LogP contribution in [0.1, 0.15) is 2.85 Å². The van der Waals surface area contributed by atoms with E-state index in [0.717, 1.165) is 0 Å². The van der Waals surface area contributed by atoms with E-state index in [1.54, 1.807) is 0 Å². The predicted molar refractivity (Wildman–Crippen MR) is 71.0 cm³/mol. The monoisotopic (exact) mass is 656 g/mol. The fourth-order valence-corrected chi connectivity index (χ4v) is 7.88. The van der Waals surface area contributed by atoms with Gasteiger partial charge in [-0.1, -0.05) is 0 Å². The Morgan fingerprint density at radius 1 is 0.448 bits per heavy atom. The molecule has 2 radical (unpaired) electrons. The standard InChI is InChI=1S/2Mn.2Na.H8O19P6.2H/c;;;;1-20(2,3)15-23(10,11)18-24(12,13)19-25(14,16-21(4,5)6)17-22(7,8)9;;/h;;;;(H,10,11)(H,12,13)(H2,1,2,3)(H2,4,5,6)(H2,7,8,9);;/q;;2*+1;;2*-1. The molecule has 0 aromatic heterocycles. The minimum absolute atomic E-state index is 0. The smallest absolute Gasteiger partial charge is 1.00 e. The van der Waals surface area contributed by atoms with Crippen molar-refractivity contribution in [3.63, 3.8) is 0 Å². The fourth-order valence-electron chi connectivity index (χ4n) is 0.726. The summed E-state index contributed by atoms with van der Waals surface area (Å²) < 4.78 is 81.2. The molecule has 0 saturated heterocycles. The van der Waals surface area contributed by atoms with E-state index in [0.29, 0.717) is 0 Å². The summed E-state index contributed by atoms with van der Waals surface area (Å²) in [6, 6.07) is 0. The minimum Gasteiger partial charge on any atom is -1.00 e. The van der Waals surface area contributed by atoms with Gasteiger partial charge in [0.2, 0.25) is 0 Å². The van der Waals surface area contributed by atoms with E-state index in [1.165, 1.54) is 0 Å². The van der Waals surface area contributed by atoms with Crippen molar-refractivity contribution in [2.45, 2.75) is 0 Å². The van der Waals surface area contributed by atoms with Crippen LogP contribution >= 0.6 is 46.9 Å². The zero-order chi connectivity index (χ0) is 20.5. The zero-order valence-corrected chi connectivity index (χ0v) is 25.2. The molecule has 0 aromatic carbocycles. The molecule has 0 rings (SSSR count). The van der Waals surface area contributed by atoms with Crippen molar-refractivity contribution in [2.75, 3.05) is 0 Å². The average molecular weight is 656 g/mol. The van der Waals surface area contributed by atoms with E-state index in [2.05, 4.69) is 21.6 Å². The maximum Gasteiger partial charge on any atom is 1.00 e. The van der Waals surface area contributed by atoms with Crippen LogP contribution in [0, 0.1) is 0 Å². The second-order valence-corrected chi connectivity index (χ2v) is 12.2. The van der Waals surface area contributed by atoms with Gasteiger partial charge in [0.05, 0.1) is 0 Å². The van der Waals surface area contributed by atoms with E-state index in [4.69, 9.17) is 39.1 Å². The predicted octanol–water partition coefficient (Wildman–Crippen LogP) is -6.12. The maximum atomic E-state index is 11.6. The largest absolute Gasteiger partial charge is 1.00 e. The van der Waals surface area contributed by atoms with Crippen molar-refractivity contribution in [3.05, 3.63) is 0 Å². The second kappa shape index (κ2) is 15.1. The van der Waals surface area contributed by atoms with Gasteiger partial charge in [0, 0.05) is 34.1 Å². The van der Waals surface area contributed by atoms with Gasteiger partial charge in [-0.3, -0.25) is 0 Å². The molecule has 0 heterocycles. The molecule has 29 heavy (non-hydrogen) atoms. The van der Waals surface area contributed by atoms with Crippen LogP contribution in [0.2, 0.25) is 0 Å². The topological polar surface area (TPSA) is 310 Å². The van der Waals surface area contributed by atoms with Gasteiger partial charge >= 0.3 is 106 Å². The van der Waals surface area contributed by atoms with Gasteiger partial charge in [-0.25, -0.2) is 27.4 Å². The summed E-state index contributed by atoms with van der Waals surface area (Å²) >= 11 is 0. The molecule has 0 aliphatic rings. The van der Waals surface area contributed by atoms with E-state index in [9.17, 15) is 27.4 Å². The first-order valence-electron chi connectivity index (χ1n) is 4.52. The van der Waals surface area contributed by atoms with Crippen LogP contribution in [-0.2, 0) is 83.1 Å². The number of rotatable bonds is 10. The number of hydrogen-bond acceptors (Lipinski definition) is 11. The van der Waals surface area contributed by atoms with Crippen LogP contribution in [-0.4, -0.2) is 39.1 Å². The first-order chi connectivity index (χ1) is 10.5. The molecule has 2 atom stereocenters. The van der Waals surface area contributed by atoms with Crippen molar-refractivity contribution >= 4 is 46.9 Å². The van der Waals surface area contributed by atoms with Crippen molar-refractivity contribution < 1.29 is 184 Å². The molecule has 19 nitrogen and oxygen atoms in total. The third-order valence-electron chi connectivity index (χ3n) is 1.03. The molecule has 0 fully saturated rings. The molecule has 0 amide bonds. The minimum atomic E-state index is -6.38. The van der Waals surface area contributed by atoms with E-state index in [1.807, 2.05) is 0 Å². The molecule has 0 spiro atoms. The summed E-state index contributed by atoms with van der Waals surface area (Å²) in [5, 5.41) is 0. The molecule has 2 unspecified atom stereocenters. The first-order valence-corrected chi connectivity index (χ1v) is 13.6. The second-order valence-electron chi connectivity index (χ2n) is 3.26. The Bertz CT molecular complexity index is 752. The van der Waals surface area contributed by atoms with Crippen LogP contribution in [0.25, 0.3) is 0 Å². The van der Waals surface area contributed by atoms with Crippen molar-refractivity contribution in [1.82, 2.24) is 0 Å². The first kappa shape index (κ1) is 43.0. The van der Waals surface area contributed by atoms with Crippen LogP contribution in [0.4, 0.5) is 0 Å². The number of hydrogen-bond donors (Lipinski definition) is 8. The van der Waals surface area contributed by atoms with Crippen LogP contribution in [0.3, 0.4) is 0 Å². The van der Waals surface area contributed by atoms with Crippen molar-refractivity contribution in [1.29, 1.82) is 0 Å². The van der Waals surface area contributed by atoms with Gasteiger partial charge in [0.1, 0.15) is 0 Å². The maximum absolute atomic E-state index is 11.6. The molecular formula is H10Mn2Na2O19P6. The SMILES string of the molecule is O=P(O)(O)OP(=O)(O)OP(=O)(O)OP(=O)(OP(=O)(O)O)OP(=O)(O)O.[H-].[H-].[Mn].[Mn].[Na+].[Na+]. The average Bonchev–Trinajstić information content (AvgIpc) is 1.97. The molecular weight excluding hydrogens is 646 g/mol. The van der Waals surface area contributed by atoms with Crippen molar-refractivity contribution in [3.8, 4) is 0 Å². The van der Waals surface area contributed by atoms with Gasteiger partial charge < -0.3 is 42.0 Å². The molecule has 0 saturated carbocycles. The Balaban J connectivity index is -0.000000192. The molecule has 170 valence electrons. The molecule has 0 aromatic rings. The Morgan fingerprint density at radius 3 is 0.931 bits per heavy atom. The summed E-state index contributed by atoms with van der Waals surface area (Å²) in [5.41, 5.74) is 0. The normalized spacial score (nSPS) is 16.6. The molecule has 8 N–H and O–H groups in total. The molecule has 0 aliphatic carbocycles.